The van der Waals surface area contributed by atoms with Crippen LogP contribution in [0.4, 0.5) is 4.39 Å². The van der Waals surface area contributed by atoms with Gasteiger partial charge in [-0.3, -0.25) is 0 Å². The van der Waals surface area contributed by atoms with Gasteiger partial charge in [0.25, 0.3) is 11.3 Å². The minimum absolute atomic E-state index is 0.0153. The number of esters is 1. The lowest BCUT2D eigenvalue weighted by molar-refractivity contribution is -0.167. The van der Waals surface area contributed by atoms with Crippen molar-refractivity contribution in [2.45, 2.75) is 83.3 Å². The van der Waals surface area contributed by atoms with Gasteiger partial charge < -0.3 is 19.4 Å². The number of aromatic nitrogens is 4. The van der Waals surface area contributed by atoms with E-state index in [1.807, 2.05) is 6.92 Å². The van der Waals surface area contributed by atoms with Crippen LogP contribution < -0.4 is 4.74 Å². The van der Waals surface area contributed by atoms with Crippen LogP contribution in [0.5, 0.6) is 5.75 Å². The zero-order valence-corrected chi connectivity index (χ0v) is 23.3. The first kappa shape index (κ1) is 27.6. The molecule has 2 aliphatic rings. The number of fused-ring (bicyclic) bond motifs is 1. The number of methoxy groups -OCH3 is 1. The molecule has 0 bridgehead atoms. The van der Waals surface area contributed by atoms with Gasteiger partial charge >= 0.3 is 5.97 Å². The van der Waals surface area contributed by atoms with Gasteiger partial charge in [-0.25, -0.2) is 25.3 Å². The fraction of sp³-hybridized carbons (Fsp3) is 0.500. The third-order valence-corrected chi connectivity index (χ3v) is 8.28. The highest BCUT2D eigenvalue weighted by Gasteiger charge is 2.48. The standard InChI is InChI=1S/C30H34FN5O4/c1-18-16-33-28-34-26(35-36(28)17-18)13-21-24(37)15-30(40-27(21)38,20-8-6-7-9-20)11-10-19-12-23(31)22(14-25(19)39-5)29(2,3)32-4/h12,14,16-17,20,37H,6-11,13,15H2,1-3,5H3. The minimum Gasteiger partial charge on any atom is -0.512 e. The van der Waals surface area contributed by atoms with Gasteiger partial charge in [-0.2, -0.15) is 4.98 Å². The number of cyclic esters (lactones) is 1. The molecule has 1 aromatic carbocycles. The normalized spacial score (nSPS) is 20.1. The lowest BCUT2D eigenvalue weighted by Crippen LogP contribution is -2.46. The molecule has 10 heteroatoms. The first-order chi connectivity index (χ1) is 19.0. The van der Waals surface area contributed by atoms with Crippen molar-refractivity contribution in [2.24, 2.45) is 5.92 Å². The molecule has 0 spiro atoms. The van der Waals surface area contributed by atoms with Crippen LogP contribution in [0.25, 0.3) is 10.6 Å². The molecule has 1 fully saturated rings. The van der Waals surface area contributed by atoms with Gasteiger partial charge in [0.2, 0.25) is 0 Å². The van der Waals surface area contributed by atoms with Crippen LogP contribution in [0, 0.1) is 25.2 Å². The number of aliphatic hydroxyl groups is 1. The largest absolute Gasteiger partial charge is 0.512 e. The van der Waals surface area contributed by atoms with E-state index in [2.05, 4.69) is 19.9 Å². The highest BCUT2D eigenvalue weighted by Crippen LogP contribution is 2.46. The molecule has 1 aliphatic heterocycles. The summed E-state index contributed by atoms with van der Waals surface area (Å²) < 4.78 is 28.5. The molecule has 210 valence electrons. The van der Waals surface area contributed by atoms with E-state index in [0.29, 0.717) is 35.8 Å². The number of ether oxygens (including phenoxy) is 2. The Balaban J connectivity index is 1.42. The first-order valence-corrected chi connectivity index (χ1v) is 13.6. The van der Waals surface area contributed by atoms with Crippen molar-refractivity contribution in [3.05, 3.63) is 75.6 Å². The van der Waals surface area contributed by atoms with Crippen molar-refractivity contribution >= 4 is 11.7 Å². The van der Waals surface area contributed by atoms with Crippen LogP contribution in [0.1, 0.15) is 74.9 Å². The number of hydrogen-bond donors (Lipinski definition) is 1. The smallest absolute Gasteiger partial charge is 0.338 e. The predicted octanol–water partition coefficient (Wildman–Crippen LogP) is 5.60. The molecule has 2 aromatic heterocycles. The van der Waals surface area contributed by atoms with Gasteiger partial charge in [-0.05, 0) is 61.8 Å². The maximum Gasteiger partial charge on any atom is 0.338 e. The SMILES string of the molecule is [C-]#[N+]C(C)(C)c1cc(OC)c(CCC2(C3CCCC3)CC(O)=C(Cc3nc4ncc(C)cn4n3)C(=O)O2)cc1F. The van der Waals surface area contributed by atoms with E-state index in [1.165, 1.54) is 13.2 Å². The van der Waals surface area contributed by atoms with E-state index >= 15 is 4.39 Å². The van der Waals surface area contributed by atoms with Crippen molar-refractivity contribution in [3.63, 3.8) is 0 Å². The molecule has 3 heterocycles. The van der Waals surface area contributed by atoms with Gasteiger partial charge in [0, 0.05) is 39.1 Å². The van der Waals surface area contributed by atoms with Crippen LogP contribution in [-0.2, 0) is 27.9 Å². The third-order valence-electron chi connectivity index (χ3n) is 8.28. The molecule has 1 atom stereocenters. The zero-order chi connectivity index (χ0) is 28.7. The van der Waals surface area contributed by atoms with E-state index in [1.54, 1.807) is 36.8 Å². The second-order valence-corrected chi connectivity index (χ2v) is 11.4. The maximum absolute atomic E-state index is 15.1. The molecule has 1 N–H and O–H groups in total. The molecule has 3 aromatic rings. The molecule has 1 saturated carbocycles. The minimum atomic E-state index is -1.03. The Morgan fingerprint density at radius 3 is 2.75 bits per heavy atom. The van der Waals surface area contributed by atoms with E-state index in [9.17, 15) is 9.90 Å². The van der Waals surface area contributed by atoms with Gasteiger partial charge in [0.05, 0.1) is 18.2 Å². The van der Waals surface area contributed by atoms with E-state index in [-0.39, 0.29) is 35.7 Å². The first-order valence-electron chi connectivity index (χ1n) is 13.6. The van der Waals surface area contributed by atoms with Crippen molar-refractivity contribution < 1.29 is 23.8 Å². The number of halogens is 1. The summed E-state index contributed by atoms with van der Waals surface area (Å²) in [5, 5.41) is 15.6. The average molecular weight is 548 g/mol. The quantitative estimate of drug-likeness (QED) is 0.289. The Morgan fingerprint density at radius 1 is 1.32 bits per heavy atom. The van der Waals surface area contributed by atoms with E-state index < -0.39 is 22.9 Å². The number of hydrogen-bond acceptors (Lipinski definition) is 7. The predicted molar refractivity (Wildman–Crippen MR) is 145 cm³/mol. The highest BCUT2D eigenvalue weighted by molar-refractivity contribution is 5.90. The maximum atomic E-state index is 15.1. The monoisotopic (exact) mass is 547 g/mol. The number of nitrogens with zero attached hydrogens (tertiary/aromatic N) is 5. The van der Waals surface area contributed by atoms with Crippen molar-refractivity contribution in [1.29, 1.82) is 0 Å². The number of rotatable bonds is 8. The number of aryl methyl sites for hydroxylation is 2. The molecular formula is C30H34FN5O4. The van der Waals surface area contributed by atoms with Crippen LogP contribution in [0.2, 0.25) is 0 Å². The summed E-state index contributed by atoms with van der Waals surface area (Å²) in [5.41, 5.74) is 0.0265. The Labute approximate surface area is 232 Å². The topological polar surface area (TPSA) is 103 Å². The van der Waals surface area contributed by atoms with Crippen LogP contribution >= 0.6 is 0 Å². The molecule has 0 saturated heterocycles. The zero-order valence-electron chi connectivity index (χ0n) is 23.3. The van der Waals surface area contributed by atoms with Gasteiger partial charge in [0.15, 0.2) is 5.82 Å². The fourth-order valence-electron chi connectivity index (χ4n) is 5.99. The molecule has 1 aliphatic carbocycles. The van der Waals surface area contributed by atoms with Gasteiger partial charge in [-0.15, -0.1) is 5.10 Å². The van der Waals surface area contributed by atoms with Crippen LogP contribution in [0.15, 0.2) is 35.9 Å². The summed E-state index contributed by atoms with van der Waals surface area (Å²) in [5.74, 6) is 0.284. The summed E-state index contributed by atoms with van der Waals surface area (Å²) >= 11 is 0. The average Bonchev–Trinajstić information content (AvgIpc) is 3.60. The summed E-state index contributed by atoms with van der Waals surface area (Å²) in [6, 6.07) is 3.01. The molecule has 0 amide bonds. The van der Waals surface area contributed by atoms with Gasteiger partial charge in [-0.1, -0.05) is 12.8 Å². The summed E-state index contributed by atoms with van der Waals surface area (Å²) in [6.07, 6.45) is 8.30. The third kappa shape index (κ3) is 5.12. The summed E-state index contributed by atoms with van der Waals surface area (Å²) in [6.45, 7) is 12.7. The number of carbonyl (C=O) groups is 1. The second kappa shape index (κ2) is 10.5. The molecule has 1 unspecified atom stereocenters. The van der Waals surface area contributed by atoms with Gasteiger partial charge in [0.1, 0.15) is 22.9 Å². The molecule has 40 heavy (non-hydrogen) atoms. The molecule has 9 nitrogen and oxygen atoms in total. The number of aliphatic hydroxyl groups excluding tert-OH is 1. The van der Waals surface area contributed by atoms with Crippen molar-refractivity contribution in [1.82, 2.24) is 19.6 Å². The highest BCUT2D eigenvalue weighted by atomic mass is 19.1. The lowest BCUT2D eigenvalue weighted by atomic mass is 9.76. The summed E-state index contributed by atoms with van der Waals surface area (Å²) in [7, 11) is 1.52. The van der Waals surface area contributed by atoms with Crippen LogP contribution in [0.3, 0.4) is 0 Å². The number of carbonyl (C=O) groups excluding carboxylic acids is 1. The van der Waals surface area contributed by atoms with Crippen molar-refractivity contribution in [2.75, 3.05) is 7.11 Å². The number of benzene rings is 1. The Hall–Kier alpha value is -4.00. The Bertz CT molecular complexity index is 1530. The Kier molecular flexibility index (Phi) is 7.25. The fourth-order valence-corrected chi connectivity index (χ4v) is 5.99. The molecule has 0 radical (unpaired) electrons. The Morgan fingerprint density at radius 2 is 2.08 bits per heavy atom. The molecular weight excluding hydrogens is 513 g/mol. The van der Waals surface area contributed by atoms with E-state index in [4.69, 9.17) is 16.0 Å². The lowest BCUT2D eigenvalue weighted by Gasteiger charge is -2.42. The second-order valence-electron chi connectivity index (χ2n) is 11.4. The van der Waals surface area contributed by atoms with Crippen LogP contribution in [-0.4, -0.2) is 43.4 Å². The summed E-state index contributed by atoms with van der Waals surface area (Å²) in [4.78, 5) is 25.6. The van der Waals surface area contributed by atoms with Crippen molar-refractivity contribution in [3.8, 4) is 5.75 Å². The molecule has 5 rings (SSSR count). The van der Waals surface area contributed by atoms with E-state index in [0.717, 1.165) is 31.2 Å².